The molecule has 2 aromatic carbocycles. The molecule has 0 saturated carbocycles. The summed E-state index contributed by atoms with van der Waals surface area (Å²) in [5.74, 6) is -0.687. The molecule has 4 atom stereocenters. The standard InChI is InChI=1S/C37H43N5O6/c1-26(2)34(42-37(46)48-25-30-17-9-10-19-39-30)35(44)40-31(20-27-12-5-3-6-13-27)22-33(43)32(21-28-14-7-4-8-15-28)41-36(45)47-24-29-16-11-18-38-23-29/h3-19,23,26,31-34,43H,20-22,24-25H2,1-2H3,(H,40,44)(H,41,45)(H,42,46)/t31-,32-,33-,34-/m0/s1. The highest BCUT2D eigenvalue weighted by Gasteiger charge is 2.30. The normalized spacial score (nSPS) is 13.4. The number of carbonyl (C=O) groups excluding carboxylic acids is 3. The van der Waals surface area contributed by atoms with E-state index < -0.39 is 42.3 Å². The molecule has 0 aliphatic carbocycles. The number of hydrogen-bond donors (Lipinski definition) is 4. The molecule has 0 unspecified atom stereocenters. The third kappa shape index (κ3) is 12.1. The van der Waals surface area contributed by atoms with Gasteiger partial charge in [0, 0.05) is 30.2 Å². The molecule has 0 bridgehead atoms. The average Bonchev–Trinajstić information content (AvgIpc) is 3.10. The van der Waals surface area contributed by atoms with Gasteiger partial charge in [-0.2, -0.15) is 0 Å². The molecule has 0 spiro atoms. The summed E-state index contributed by atoms with van der Waals surface area (Å²) < 4.78 is 10.7. The number of alkyl carbamates (subject to hydrolysis) is 2. The minimum absolute atomic E-state index is 0.0222. The lowest BCUT2D eigenvalue weighted by molar-refractivity contribution is -0.125. The summed E-state index contributed by atoms with van der Waals surface area (Å²) in [5, 5.41) is 20.2. The number of aliphatic hydroxyl groups excluding tert-OH is 1. The van der Waals surface area contributed by atoms with Crippen LogP contribution in [-0.2, 0) is 40.3 Å². The van der Waals surface area contributed by atoms with Crippen LogP contribution >= 0.6 is 0 Å². The molecule has 0 fully saturated rings. The van der Waals surface area contributed by atoms with Gasteiger partial charge in [-0.15, -0.1) is 0 Å². The zero-order chi connectivity index (χ0) is 34.1. The minimum atomic E-state index is -1.07. The van der Waals surface area contributed by atoms with Gasteiger partial charge in [0.2, 0.25) is 5.91 Å². The fourth-order valence-corrected chi connectivity index (χ4v) is 5.14. The molecule has 0 saturated heterocycles. The number of ether oxygens (including phenoxy) is 2. The van der Waals surface area contributed by atoms with Crippen LogP contribution in [-0.4, -0.2) is 57.4 Å². The van der Waals surface area contributed by atoms with Crippen molar-refractivity contribution in [1.29, 1.82) is 0 Å². The smallest absolute Gasteiger partial charge is 0.408 e. The second-order valence-electron chi connectivity index (χ2n) is 11.8. The van der Waals surface area contributed by atoms with Crippen LogP contribution in [0, 0.1) is 5.92 Å². The first-order valence-corrected chi connectivity index (χ1v) is 16.0. The van der Waals surface area contributed by atoms with E-state index in [2.05, 4.69) is 25.9 Å². The van der Waals surface area contributed by atoms with Gasteiger partial charge in [-0.1, -0.05) is 86.6 Å². The fraction of sp³-hybridized carbons (Fsp3) is 0.324. The lowest BCUT2D eigenvalue weighted by Gasteiger charge is -2.30. The highest BCUT2D eigenvalue weighted by Crippen LogP contribution is 2.16. The van der Waals surface area contributed by atoms with E-state index in [9.17, 15) is 19.5 Å². The number of aliphatic hydroxyl groups is 1. The van der Waals surface area contributed by atoms with Gasteiger partial charge in [0.25, 0.3) is 0 Å². The van der Waals surface area contributed by atoms with Gasteiger partial charge in [0.15, 0.2) is 0 Å². The highest BCUT2D eigenvalue weighted by molar-refractivity contribution is 5.86. The van der Waals surface area contributed by atoms with Crippen LogP contribution in [0.5, 0.6) is 0 Å². The molecular formula is C37H43N5O6. The van der Waals surface area contributed by atoms with Gasteiger partial charge < -0.3 is 30.5 Å². The van der Waals surface area contributed by atoms with Crippen LogP contribution in [0.2, 0.25) is 0 Å². The zero-order valence-corrected chi connectivity index (χ0v) is 27.2. The maximum absolute atomic E-state index is 13.7. The van der Waals surface area contributed by atoms with E-state index in [0.29, 0.717) is 18.5 Å². The van der Waals surface area contributed by atoms with Crippen LogP contribution in [0.15, 0.2) is 110 Å². The molecule has 48 heavy (non-hydrogen) atoms. The summed E-state index contributed by atoms with van der Waals surface area (Å²) >= 11 is 0. The predicted molar refractivity (Wildman–Crippen MR) is 180 cm³/mol. The Hall–Kier alpha value is -5.29. The lowest BCUT2D eigenvalue weighted by Crippen LogP contribution is -2.54. The van der Waals surface area contributed by atoms with Gasteiger partial charge >= 0.3 is 12.2 Å². The second kappa shape index (κ2) is 18.8. The van der Waals surface area contributed by atoms with E-state index in [1.54, 1.807) is 48.9 Å². The molecule has 2 aromatic heterocycles. The van der Waals surface area contributed by atoms with Crippen LogP contribution in [0.3, 0.4) is 0 Å². The molecule has 4 N–H and O–H groups in total. The van der Waals surface area contributed by atoms with Crippen molar-refractivity contribution in [3.63, 3.8) is 0 Å². The largest absolute Gasteiger partial charge is 0.445 e. The molecule has 11 nitrogen and oxygen atoms in total. The SMILES string of the molecule is CC(C)[C@H](NC(=O)OCc1ccccn1)C(=O)N[C@@H](Cc1ccccc1)C[C@H](O)[C@H](Cc1ccccc1)NC(=O)OCc1cccnc1. The minimum Gasteiger partial charge on any atom is -0.445 e. The Labute approximate surface area is 281 Å². The maximum atomic E-state index is 13.7. The molecule has 11 heteroatoms. The molecule has 252 valence electrons. The average molecular weight is 654 g/mol. The van der Waals surface area contributed by atoms with Crippen molar-refractivity contribution in [3.05, 3.63) is 132 Å². The number of hydrogen-bond acceptors (Lipinski definition) is 8. The van der Waals surface area contributed by atoms with E-state index in [1.807, 2.05) is 74.5 Å². The number of nitrogens with zero attached hydrogens (tertiary/aromatic N) is 2. The van der Waals surface area contributed by atoms with E-state index >= 15 is 0 Å². The third-order valence-corrected chi connectivity index (χ3v) is 7.66. The number of aromatic nitrogens is 2. The quantitative estimate of drug-likeness (QED) is 0.135. The Morgan fingerprint density at radius 2 is 1.33 bits per heavy atom. The molecule has 2 heterocycles. The Balaban J connectivity index is 1.46. The summed E-state index contributed by atoms with van der Waals surface area (Å²) in [6.45, 7) is 3.62. The molecule has 0 aliphatic rings. The number of benzene rings is 2. The van der Waals surface area contributed by atoms with Crippen molar-refractivity contribution in [1.82, 2.24) is 25.9 Å². The van der Waals surface area contributed by atoms with E-state index in [0.717, 1.165) is 16.7 Å². The Morgan fingerprint density at radius 1 is 0.708 bits per heavy atom. The number of pyridine rings is 2. The summed E-state index contributed by atoms with van der Waals surface area (Å²) in [6.07, 6.45) is 3.19. The van der Waals surface area contributed by atoms with Crippen molar-refractivity contribution in [2.24, 2.45) is 5.92 Å². The molecule has 4 aromatic rings. The zero-order valence-electron chi connectivity index (χ0n) is 27.2. The van der Waals surface area contributed by atoms with Gasteiger partial charge in [-0.05, 0) is 54.5 Å². The first kappa shape index (κ1) is 35.6. The Kier molecular flexibility index (Phi) is 13.9. The number of carbonyl (C=O) groups is 3. The summed E-state index contributed by atoms with van der Waals surface area (Å²) in [4.78, 5) is 47.4. The highest BCUT2D eigenvalue weighted by atomic mass is 16.6. The lowest BCUT2D eigenvalue weighted by atomic mass is 9.93. The Morgan fingerprint density at radius 3 is 1.96 bits per heavy atom. The second-order valence-corrected chi connectivity index (χ2v) is 11.8. The van der Waals surface area contributed by atoms with E-state index in [1.165, 1.54) is 0 Å². The van der Waals surface area contributed by atoms with Crippen LogP contribution in [0.25, 0.3) is 0 Å². The van der Waals surface area contributed by atoms with Crippen molar-refractivity contribution in [2.75, 3.05) is 0 Å². The molecular weight excluding hydrogens is 610 g/mol. The summed E-state index contributed by atoms with van der Waals surface area (Å²) in [5.41, 5.74) is 3.16. The van der Waals surface area contributed by atoms with Crippen LogP contribution < -0.4 is 16.0 Å². The molecule has 0 aliphatic heterocycles. The third-order valence-electron chi connectivity index (χ3n) is 7.66. The summed E-state index contributed by atoms with van der Waals surface area (Å²) in [7, 11) is 0. The Bertz CT molecular complexity index is 1540. The topological polar surface area (TPSA) is 152 Å². The van der Waals surface area contributed by atoms with Gasteiger partial charge in [0.1, 0.15) is 19.3 Å². The number of rotatable bonds is 16. The van der Waals surface area contributed by atoms with Gasteiger partial charge in [0.05, 0.1) is 17.8 Å². The monoisotopic (exact) mass is 653 g/mol. The summed E-state index contributed by atoms with van der Waals surface area (Å²) in [6, 6.07) is 25.7. The van der Waals surface area contributed by atoms with Gasteiger partial charge in [-0.25, -0.2) is 9.59 Å². The van der Waals surface area contributed by atoms with E-state index in [-0.39, 0.29) is 25.6 Å². The van der Waals surface area contributed by atoms with Crippen molar-refractivity contribution >= 4 is 18.1 Å². The van der Waals surface area contributed by atoms with Crippen molar-refractivity contribution in [2.45, 2.75) is 70.6 Å². The number of nitrogens with one attached hydrogen (secondary N) is 3. The first-order chi connectivity index (χ1) is 23.3. The number of amides is 3. The fourth-order valence-electron chi connectivity index (χ4n) is 5.14. The first-order valence-electron chi connectivity index (χ1n) is 16.0. The molecule has 3 amide bonds. The molecule has 0 radical (unpaired) electrons. The van der Waals surface area contributed by atoms with Crippen molar-refractivity contribution in [3.8, 4) is 0 Å². The maximum Gasteiger partial charge on any atom is 0.408 e. The van der Waals surface area contributed by atoms with Crippen LogP contribution in [0.1, 0.15) is 42.7 Å². The molecule has 4 rings (SSSR count). The van der Waals surface area contributed by atoms with Crippen LogP contribution in [0.4, 0.5) is 9.59 Å². The van der Waals surface area contributed by atoms with E-state index in [4.69, 9.17) is 9.47 Å². The predicted octanol–water partition coefficient (Wildman–Crippen LogP) is 4.74. The van der Waals surface area contributed by atoms with Crippen molar-refractivity contribution < 1.29 is 29.0 Å². The van der Waals surface area contributed by atoms with Gasteiger partial charge in [-0.3, -0.25) is 14.8 Å².